The van der Waals surface area contributed by atoms with Gasteiger partial charge in [0.05, 0.1) is 5.69 Å². The standard InChI is InChI=1S/C13H19ClN2O/c1-16(9-11-3-6-17-7-4-11)10-13-8-12(14)2-5-15-13/h2,5,8,11H,3-4,6-7,9-10H2,1H3. The number of hydrogen-bond donors (Lipinski definition) is 0. The van der Waals surface area contributed by atoms with Crippen molar-refractivity contribution in [1.29, 1.82) is 0 Å². The molecule has 0 bridgehead atoms. The SMILES string of the molecule is CN(Cc1cc(Cl)ccn1)CC1CCOCC1. The van der Waals surface area contributed by atoms with E-state index in [9.17, 15) is 0 Å². The molecule has 94 valence electrons. The Bertz CT molecular complexity index is 353. The summed E-state index contributed by atoms with van der Waals surface area (Å²) < 4.78 is 5.37. The van der Waals surface area contributed by atoms with Crippen LogP contribution in [0.5, 0.6) is 0 Å². The fourth-order valence-corrected chi connectivity index (χ4v) is 2.43. The van der Waals surface area contributed by atoms with E-state index in [0.29, 0.717) is 0 Å². The molecule has 2 heterocycles. The van der Waals surface area contributed by atoms with Gasteiger partial charge in [0.2, 0.25) is 0 Å². The summed E-state index contributed by atoms with van der Waals surface area (Å²) in [6.07, 6.45) is 4.11. The van der Waals surface area contributed by atoms with Crippen molar-refractivity contribution in [2.75, 3.05) is 26.8 Å². The largest absolute Gasteiger partial charge is 0.381 e. The third-order valence-corrected chi connectivity index (χ3v) is 3.36. The van der Waals surface area contributed by atoms with E-state index in [-0.39, 0.29) is 0 Å². The van der Waals surface area contributed by atoms with Gasteiger partial charge in [-0.25, -0.2) is 0 Å². The highest BCUT2D eigenvalue weighted by Gasteiger charge is 2.15. The summed E-state index contributed by atoms with van der Waals surface area (Å²) in [7, 11) is 2.14. The average Bonchev–Trinajstić information content (AvgIpc) is 2.30. The molecule has 1 aliphatic rings. The van der Waals surface area contributed by atoms with Crippen LogP contribution in [0.4, 0.5) is 0 Å². The summed E-state index contributed by atoms with van der Waals surface area (Å²) in [5.74, 6) is 0.757. The molecular weight excluding hydrogens is 236 g/mol. The van der Waals surface area contributed by atoms with E-state index < -0.39 is 0 Å². The molecule has 3 nitrogen and oxygen atoms in total. The molecule has 2 rings (SSSR count). The number of pyridine rings is 1. The number of nitrogens with zero attached hydrogens (tertiary/aromatic N) is 2. The lowest BCUT2D eigenvalue weighted by atomic mass is 10.00. The van der Waals surface area contributed by atoms with Crippen LogP contribution in [0.25, 0.3) is 0 Å². The molecule has 0 amide bonds. The van der Waals surface area contributed by atoms with Crippen molar-refractivity contribution in [3.63, 3.8) is 0 Å². The molecule has 0 aromatic carbocycles. The highest BCUT2D eigenvalue weighted by molar-refractivity contribution is 6.30. The molecular formula is C13H19ClN2O. The van der Waals surface area contributed by atoms with Gasteiger partial charge in [-0.2, -0.15) is 0 Å². The number of hydrogen-bond acceptors (Lipinski definition) is 3. The lowest BCUT2D eigenvalue weighted by Gasteiger charge is -2.26. The molecule has 0 aliphatic carbocycles. The second-order valence-electron chi connectivity index (χ2n) is 4.72. The highest BCUT2D eigenvalue weighted by atomic mass is 35.5. The van der Waals surface area contributed by atoms with Crippen LogP contribution in [0.15, 0.2) is 18.3 Å². The third-order valence-electron chi connectivity index (χ3n) is 3.12. The van der Waals surface area contributed by atoms with Crippen LogP contribution in [-0.2, 0) is 11.3 Å². The Hall–Kier alpha value is -0.640. The van der Waals surface area contributed by atoms with Crippen LogP contribution >= 0.6 is 11.6 Å². The maximum absolute atomic E-state index is 5.95. The molecule has 17 heavy (non-hydrogen) atoms. The predicted octanol–water partition coefficient (Wildman–Crippen LogP) is 2.59. The molecule has 0 saturated carbocycles. The van der Waals surface area contributed by atoms with E-state index in [1.165, 1.54) is 12.8 Å². The van der Waals surface area contributed by atoms with Gasteiger partial charge < -0.3 is 9.64 Å². The monoisotopic (exact) mass is 254 g/mol. The first-order valence-corrected chi connectivity index (χ1v) is 6.48. The Labute approximate surface area is 108 Å². The molecule has 0 atom stereocenters. The summed E-state index contributed by atoms with van der Waals surface area (Å²) in [5.41, 5.74) is 1.03. The Morgan fingerprint density at radius 3 is 2.94 bits per heavy atom. The second kappa shape index (κ2) is 6.34. The molecule has 0 radical (unpaired) electrons. The fourth-order valence-electron chi connectivity index (χ4n) is 2.25. The minimum Gasteiger partial charge on any atom is -0.381 e. The minimum absolute atomic E-state index is 0.757. The van der Waals surface area contributed by atoms with Crippen LogP contribution in [-0.4, -0.2) is 36.7 Å². The predicted molar refractivity (Wildman–Crippen MR) is 69.1 cm³/mol. The molecule has 1 aliphatic heterocycles. The van der Waals surface area contributed by atoms with Crippen molar-refractivity contribution in [3.8, 4) is 0 Å². The van der Waals surface area contributed by atoms with Crippen molar-refractivity contribution < 1.29 is 4.74 Å². The van der Waals surface area contributed by atoms with Crippen molar-refractivity contribution in [1.82, 2.24) is 9.88 Å². The number of aromatic nitrogens is 1. The minimum atomic E-state index is 0.757. The number of halogens is 1. The van der Waals surface area contributed by atoms with Crippen LogP contribution in [0, 0.1) is 5.92 Å². The maximum Gasteiger partial charge on any atom is 0.0558 e. The summed E-state index contributed by atoms with van der Waals surface area (Å²) >= 11 is 5.95. The molecule has 0 N–H and O–H groups in total. The van der Waals surface area contributed by atoms with Gasteiger partial charge in [0, 0.05) is 37.5 Å². The average molecular weight is 255 g/mol. The zero-order valence-electron chi connectivity index (χ0n) is 10.2. The third kappa shape index (κ3) is 4.26. The first-order chi connectivity index (χ1) is 8.24. The fraction of sp³-hybridized carbons (Fsp3) is 0.615. The molecule has 0 unspecified atom stereocenters. The van der Waals surface area contributed by atoms with Gasteiger partial charge >= 0.3 is 0 Å². The van der Waals surface area contributed by atoms with E-state index in [2.05, 4.69) is 16.9 Å². The normalized spacial score (nSPS) is 17.6. The van der Waals surface area contributed by atoms with Gasteiger partial charge in [0.25, 0.3) is 0 Å². The van der Waals surface area contributed by atoms with Gasteiger partial charge in [-0.1, -0.05) is 11.6 Å². The van der Waals surface area contributed by atoms with E-state index in [1.807, 2.05) is 12.1 Å². The van der Waals surface area contributed by atoms with Crippen LogP contribution < -0.4 is 0 Å². The topological polar surface area (TPSA) is 25.4 Å². The maximum atomic E-state index is 5.95. The highest BCUT2D eigenvalue weighted by Crippen LogP contribution is 2.16. The number of ether oxygens (including phenoxy) is 1. The Kier molecular flexibility index (Phi) is 4.77. The van der Waals surface area contributed by atoms with Crippen LogP contribution in [0.2, 0.25) is 5.02 Å². The van der Waals surface area contributed by atoms with E-state index in [4.69, 9.17) is 16.3 Å². The van der Waals surface area contributed by atoms with Crippen LogP contribution in [0.1, 0.15) is 18.5 Å². The van der Waals surface area contributed by atoms with Gasteiger partial charge in [-0.05, 0) is 37.9 Å². The zero-order valence-corrected chi connectivity index (χ0v) is 11.0. The van der Waals surface area contributed by atoms with Crippen LogP contribution in [0.3, 0.4) is 0 Å². The molecule has 1 fully saturated rings. The first-order valence-electron chi connectivity index (χ1n) is 6.11. The molecule has 1 aromatic heterocycles. The summed E-state index contributed by atoms with van der Waals surface area (Å²) in [4.78, 5) is 6.64. The van der Waals surface area contributed by atoms with E-state index in [0.717, 1.165) is 42.9 Å². The smallest absolute Gasteiger partial charge is 0.0558 e. The van der Waals surface area contributed by atoms with Gasteiger partial charge in [-0.3, -0.25) is 4.98 Å². The van der Waals surface area contributed by atoms with E-state index >= 15 is 0 Å². The van der Waals surface area contributed by atoms with Gasteiger partial charge in [0.15, 0.2) is 0 Å². The molecule has 1 saturated heterocycles. The van der Waals surface area contributed by atoms with Gasteiger partial charge in [0.1, 0.15) is 0 Å². The number of rotatable bonds is 4. The Morgan fingerprint density at radius 1 is 1.47 bits per heavy atom. The zero-order chi connectivity index (χ0) is 12.1. The quantitative estimate of drug-likeness (QED) is 0.826. The molecule has 1 aromatic rings. The summed E-state index contributed by atoms with van der Waals surface area (Å²) in [5, 5.41) is 0.759. The van der Waals surface area contributed by atoms with Crippen molar-refractivity contribution in [2.24, 2.45) is 5.92 Å². The Balaban J connectivity index is 1.82. The second-order valence-corrected chi connectivity index (χ2v) is 5.15. The molecule has 0 spiro atoms. The van der Waals surface area contributed by atoms with Crippen molar-refractivity contribution in [3.05, 3.63) is 29.0 Å². The summed E-state index contributed by atoms with van der Waals surface area (Å²) in [6.45, 7) is 3.79. The first kappa shape index (κ1) is 12.8. The van der Waals surface area contributed by atoms with Gasteiger partial charge in [-0.15, -0.1) is 0 Å². The summed E-state index contributed by atoms with van der Waals surface area (Å²) in [6, 6.07) is 3.74. The lowest BCUT2D eigenvalue weighted by molar-refractivity contribution is 0.0548. The molecule has 4 heteroatoms. The van der Waals surface area contributed by atoms with Crippen molar-refractivity contribution in [2.45, 2.75) is 19.4 Å². The lowest BCUT2D eigenvalue weighted by Crippen LogP contribution is -2.29. The Morgan fingerprint density at radius 2 is 2.24 bits per heavy atom. The van der Waals surface area contributed by atoms with E-state index in [1.54, 1.807) is 6.20 Å². The van der Waals surface area contributed by atoms with Crippen molar-refractivity contribution >= 4 is 11.6 Å².